The summed E-state index contributed by atoms with van der Waals surface area (Å²) >= 11 is 0. The molecule has 0 unspecified atom stereocenters. The van der Waals surface area contributed by atoms with Crippen LogP contribution in [0.2, 0.25) is 0 Å². The molecule has 0 saturated heterocycles. The average molecular weight is 158 g/mol. The zero-order valence-corrected chi connectivity index (χ0v) is 5.46. The molecule has 0 atom stereocenters. The molecule has 0 aromatic rings. The van der Waals surface area contributed by atoms with E-state index in [1.165, 1.54) is 0 Å². The van der Waals surface area contributed by atoms with Gasteiger partial charge in [0.15, 0.2) is 0 Å². The number of carbonyl (C=O) groups excluding carboxylic acids is 2. The highest BCUT2D eigenvalue weighted by atomic mass is 16.4. The summed E-state index contributed by atoms with van der Waals surface area (Å²) in [6.07, 6.45) is 2.33. The lowest BCUT2D eigenvalue weighted by Gasteiger charge is -1.64. The Kier molecular flexibility index (Phi) is 35.7. The normalized spacial score (nSPS) is 4.36. The summed E-state index contributed by atoms with van der Waals surface area (Å²) < 4.78 is 0. The fraction of sp³-hybridized carbons (Fsp3) is 0. The number of aliphatic carboxylic acids is 1. The second-order valence-corrected chi connectivity index (χ2v) is 0.746. The van der Waals surface area contributed by atoms with Crippen molar-refractivity contribution in [2.75, 3.05) is 0 Å². The van der Waals surface area contributed by atoms with Crippen LogP contribution in [0.1, 0.15) is 0 Å². The first kappa shape index (κ1) is 16.0. The third-order valence-corrected chi connectivity index (χ3v) is 0.175. The van der Waals surface area contributed by atoms with Gasteiger partial charge in [0, 0.05) is 6.08 Å². The number of carboxylic acids is 1. The van der Waals surface area contributed by atoms with Crippen LogP contribution in [0.5, 0.6) is 0 Å². The molecule has 0 aromatic carbocycles. The first-order valence-corrected chi connectivity index (χ1v) is 2.03. The van der Waals surface area contributed by atoms with E-state index < -0.39 is 5.97 Å². The smallest absolute Gasteiger partial charge is 0.327 e. The molecule has 0 rings (SSSR count). The number of carboxylic acid groups (broad SMARTS) is 1. The van der Waals surface area contributed by atoms with E-state index in [0.717, 1.165) is 18.2 Å². The molecule has 3 N–H and O–H groups in total. The van der Waals surface area contributed by atoms with Gasteiger partial charge in [-0.3, -0.25) is 0 Å². The molecule has 6 heteroatoms. The van der Waals surface area contributed by atoms with Gasteiger partial charge in [0.05, 0.1) is 0 Å². The van der Waals surface area contributed by atoms with Crippen molar-refractivity contribution in [1.82, 2.24) is 0 Å². The fourth-order valence-electron chi connectivity index (χ4n) is 0. The monoisotopic (exact) mass is 158 g/mol. The van der Waals surface area contributed by atoms with Crippen molar-refractivity contribution in [2.45, 2.75) is 0 Å². The predicted octanol–water partition coefficient (Wildman–Crippen LogP) is 0.0589. The Labute approximate surface area is 62.2 Å². The molecule has 0 fully saturated rings. The zero-order chi connectivity index (χ0) is 9.70. The SMILES string of the molecule is C=CC(=O)O.N=C=O.N=C=O. The second kappa shape index (κ2) is 24.6. The van der Waals surface area contributed by atoms with Crippen LogP contribution >= 0.6 is 0 Å². The van der Waals surface area contributed by atoms with Crippen molar-refractivity contribution in [1.29, 1.82) is 10.8 Å². The Morgan fingerprint density at radius 2 is 1.45 bits per heavy atom. The number of rotatable bonds is 1. The largest absolute Gasteiger partial charge is 0.478 e. The maximum absolute atomic E-state index is 9.25. The molecule has 0 aromatic heterocycles. The number of carbonyl (C=O) groups is 1. The van der Waals surface area contributed by atoms with Crippen molar-refractivity contribution in [3.8, 4) is 0 Å². The molecule has 0 radical (unpaired) electrons. The highest BCUT2D eigenvalue weighted by molar-refractivity contribution is 5.78. The highest BCUT2D eigenvalue weighted by Crippen LogP contribution is 1.54. The van der Waals surface area contributed by atoms with E-state index >= 15 is 0 Å². The van der Waals surface area contributed by atoms with Crippen molar-refractivity contribution < 1.29 is 19.5 Å². The van der Waals surface area contributed by atoms with Gasteiger partial charge in [-0.15, -0.1) is 0 Å². The average Bonchev–Trinajstić information content (AvgIpc) is 1.91. The van der Waals surface area contributed by atoms with Crippen LogP contribution in [-0.4, -0.2) is 23.2 Å². The molecular weight excluding hydrogens is 152 g/mol. The summed E-state index contributed by atoms with van der Waals surface area (Å²) in [5, 5.41) is 18.4. The summed E-state index contributed by atoms with van der Waals surface area (Å²) in [6, 6.07) is 0. The number of hydrogen-bond donors (Lipinski definition) is 3. The second-order valence-electron chi connectivity index (χ2n) is 0.746. The summed E-state index contributed by atoms with van der Waals surface area (Å²) in [5.74, 6) is -0.981. The third-order valence-electron chi connectivity index (χ3n) is 0.175. The van der Waals surface area contributed by atoms with Gasteiger partial charge in [0.25, 0.3) is 0 Å². The minimum absolute atomic E-state index is 0.750. The molecule has 0 spiro atoms. The Balaban J connectivity index is -0.0000000933. The minimum atomic E-state index is -0.981. The maximum Gasteiger partial charge on any atom is 0.327 e. The quantitative estimate of drug-likeness (QED) is 0.284. The van der Waals surface area contributed by atoms with E-state index in [1.807, 2.05) is 0 Å². The van der Waals surface area contributed by atoms with Gasteiger partial charge in [-0.25, -0.2) is 25.2 Å². The van der Waals surface area contributed by atoms with Crippen molar-refractivity contribution in [3.63, 3.8) is 0 Å². The Morgan fingerprint density at radius 1 is 1.36 bits per heavy atom. The fourth-order valence-corrected chi connectivity index (χ4v) is 0. The summed E-state index contributed by atoms with van der Waals surface area (Å²) in [7, 11) is 0. The molecule has 0 aliphatic heterocycles. The van der Waals surface area contributed by atoms with E-state index in [4.69, 9.17) is 25.5 Å². The van der Waals surface area contributed by atoms with Crippen molar-refractivity contribution in [3.05, 3.63) is 12.7 Å². The van der Waals surface area contributed by atoms with Crippen LogP contribution < -0.4 is 0 Å². The molecule has 60 valence electrons. The lowest BCUT2D eigenvalue weighted by Crippen LogP contribution is -1.82. The standard InChI is InChI=1S/C3H4O2.2CHNO/c1-2-3(4)5;2*2-1-3/h2H,1H2,(H,4,5);2*2H. The van der Waals surface area contributed by atoms with Gasteiger partial charge in [0.2, 0.25) is 12.2 Å². The van der Waals surface area contributed by atoms with Gasteiger partial charge < -0.3 is 5.11 Å². The van der Waals surface area contributed by atoms with Gasteiger partial charge in [-0.2, -0.15) is 0 Å². The topological polar surface area (TPSA) is 119 Å². The summed E-state index contributed by atoms with van der Waals surface area (Å²) in [6.45, 7) is 2.96. The lowest BCUT2D eigenvalue weighted by molar-refractivity contribution is -0.131. The summed E-state index contributed by atoms with van der Waals surface area (Å²) in [4.78, 5) is 25.9. The van der Waals surface area contributed by atoms with Gasteiger partial charge in [-0.1, -0.05) is 6.58 Å². The molecule has 11 heavy (non-hydrogen) atoms. The first-order chi connectivity index (χ1) is 5.10. The van der Waals surface area contributed by atoms with Crippen molar-refractivity contribution >= 4 is 18.1 Å². The van der Waals surface area contributed by atoms with E-state index in [1.54, 1.807) is 0 Å². The first-order valence-electron chi connectivity index (χ1n) is 2.03. The van der Waals surface area contributed by atoms with Gasteiger partial charge in [0.1, 0.15) is 0 Å². The third kappa shape index (κ3) is 316000. The zero-order valence-electron chi connectivity index (χ0n) is 5.46. The van der Waals surface area contributed by atoms with Gasteiger partial charge >= 0.3 is 5.97 Å². The van der Waals surface area contributed by atoms with Crippen LogP contribution in [0, 0.1) is 10.8 Å². The van der Waals surface area contributed by atoms with Crippen LogP contribution in [0.25, 0.3) is 0 Å². The molecule has 0 heterocycles. The van der Waals surface area contributed by atoms with Crippen molar-refractivity contribution in [2.24, 2.45) is 0 Å². The van der Waals surface area contributed by atoms with Gasteiger partial charge in [-0.05, 0) is 0 Å². The molecule has 0 aliphatic carbocycles. The molecule has 0 saturated carbocycles. The van der Waals surface area contributed by atoms with Crippen LogP contribution in [0.4, 0.5) is 0 Å². The number of nitrogens with one attached hydrogen (secondary N) is 2. The molecule has 6 nitrogen and oxygen atoms in total. The van der Waals surface area contributed by atoms with E-state index in [2.05, 4.69) is 6.58 Å². The molecule has 0 aliphatic rings. The highest BCUT2D eigenvalue weighted by Gasteiger charge is 1.73. The predicted molar refractivity (Wildman–Crippen MR) is 34.7 cm³/mol. The molecule has 0 bridgehead atoms. The lowest BCUT2D eigenvalue weighted by atomic mass is 10.7. The van der Waals surface area contributed by atoms with Crippen LogP contribution in [0.15, 0.2) is 12.7 Å². The maximum atomic E-state index is 9.25. The number of hydrogen-bond acceptors (Lipinski definition) is 5. The molecule has 0 amide bonds. The van der Waals surface area contributed by atoms with Crippen LogP contribution in [0.3, 0.4) is 0 Å². The van der Waals surface area contributed by atoms with E-state index in [0.29, 0.717) is 0 Å². The summed E-state index contributed by atoms with van der Waals surface area (Å²) in [5.41, 5.74) is 0. The Morgan fingerprint density at radius 3 is 1.45 bits per heavy atom. The van der Waals surface area contributed by atoms with Crippen LogP contribution in [-0.2, 0) is 14.4 Å². The van der Waals surface area contributed by atoms with E-state index in [9.17, 15) is 4.79 Å². The molecular formula is C5H6N2O4. The number of isocyanates is 2. The minimum Gasteiger partial charge on any atom is -0.478 e. The Bertz CT molecular complexity index is 163. The van der Waals surface area contributed by atoms with E-state index in [-0.39, 0.29) is 0 Å². The Hall–Kier alpha value is -2.03.